The Labute approximate surface area is 532 Å². The van der Waals surface area contributed by atoms with E-state index in [0.717, 1.165) is 0 Å². The summed E-state index contributed by atoms with van der Waals surface area (Å²) in [5.74, 6) is -1.69. The highest BCUT2D eigenvalue weighted by Gasteiger charge is 2.34. The molecule has 0 radical (unpaired) electrons. The average molecular weight is 1280 g/mol. The minimum absolute atomic E-state index is 0.0137. The number of unbranched alkanes of at least 4 members (excludes halogenated alkanes) is 3. The second-order valence-electron chi connectivity index (χ2n) is 21.5. The molecule has 27 heteroatoms. The van der Waals surface area contributed by atoms with Crippen LogP contribution in [0.15, 0.2) is 72.8 Å². The molecular weight excluding hydrogens is 1180 g/mol. The molecule has 0 aliphatic heterocycles. The van der Waals surface area contributed by atoms with Crippen LogP contribution in [-0.2, 0) is 52.6 Å². The fourth-order valence-electron chi connectivity index (χ4n) is 8.43. The van der Waals surface area contributed by atoms with Crippen molar-refractivity contribution in [3.05, 3.63) is 89.5 Å². The van der Waals surface area contributed by atoms with E-state index in [1.807, 2.05) is 0 Å². The summed E-state index contributed by atoms with van der Waals surface area (Å²) in [5.41, 5.74) is 15.6. The van der Waals surface area contributed by atoms with E-state index in [-0.39, 0.29) is 139 Å². The van der Waals surface area contributed by atoms with E-state index in [0.29, 0.717) is 150 Å². The second-order valence-corrected chi connectivity index (χ2v) is 21.5. The van der Waals surface area contributed by atoms with Crippen LogP contribution in [0.2, 0.25) is 0 Å². The molecule has 0 aliphatic rings. The van der Waals surface area contributed by atoms with Gasteiger partial charge in [0.25, 0.3) is 0 Å². The van der Waals surface area contributed by atoms with Crippen LogP contribution in [0, 0.1) is 0 Å². The summed E-state index contributed by atoms with van der Waals surface area (Å²) in [6, 6.07) is 19.4. The lowest BCUT2D eigenvalue weighted by atomic mass is 10.0. The number of rotatable bonds is 53. The first-order valence-corrected chi connectivity index (χ1v) is 31.0. The van der Waals surface area contributed by atoms with Crippen molar-refractivity contribution < 1.29 is 81.2 Å². The van der Waals surface area contributed by atoms with Crippen molar-refractivity contribution in [3.8, 4) is 17.2 Å². The molecule has 0 aliphatic carbocycles. The number of amides is 10. The van der Waals surface area contributed by atoms with Gasteiger partial charge in [0.1, 0.15) is 28.6 Å². The van der Waals surface area contributed by atoms with E-state index in [9.17, 15) is 52.7 Å². The van der Waals surface area contributed by atoms with Crippen molar-refractivity contribution in [2.24, 2.45) is 17.2 Å². The molecule has 0 aromatic heterocycles. The smallest absolute Gasteiger partial charge is 0.248 e. The highest BCUT2D eigenvalue weighted by molar-refractivity contribution is 5.94. The van der Waals surface area contributed by atoms with Gasteiger partial charge in [0.05, 0.1) is 59.5 Å². The SMILES string of the molecule is CC(=O)CCCC(=O)NC(COCCC(=O)NCCCNC(=O)CCCCOc1ccc(C(N)=O)cc1)(COCCC(=O)NCCCNC(=O)CCCCOc1ccc(C(N)=O)cc1)COCCC(=O)NCCCNC(=O)CCCCOc1ccc(C(N)=O)cc1. The largest absolute Gasteiger partial charge is 0.494 e. The van der Waals surface area contributed by atoms with Gasteiger partial charge in [0, 0.05) is 107 Å². The second kappa shape index (κ2) is 46.4. The Hall–Kier alpha value is -8.69. The molecule has 0 bridgehead atoms. The molecule has 3 aromatic rings. The lowest BCUT2D eigenvalue weighted by Crippen LogP contribution is -2.58. The summed E-state index contributed by atoms with van der Waals surface area (Å²) in [7, 11) is 0. The Kier molecular flexibility index (Phi) is 39.0. The van der Waals surface area contributed by atoms with Gasteiger partial charge in [-0.15, -0.1) is 0 Å². The van der Waals surface area contributed by atoms with Crippen molar-refractivity contribution in [1.29, 1.82) is 0 Å². The summed E-state index contributed by atoms with van der Waals surface area (Å²) in [5, 5.41) is 19.9. The number of Topliss-reactive ketones (excluding diaryl/α,β-unsaturated/α-hetero) is 1. The first-order valence-electron chi connectivity index (χ1n) is 31.0. The molecule has 0 heterocycles. The number of primary amides is 3. The van der Waals surface area contributed by atoms with E-state index in [4.69, 9.17) is 45.6 Å². The van der Waals surface area contributed by atoms with Crippen molar-refractivity contribution in [1.82, 2.24) is 37.2 Å². The quantitative estimate of drug-likeness (QED) is 0.0363. The molecule has 0 unspecified atom stereocenters. The highest BCUT2D eigenvalue weighted by atomic mass is 16.5. The van der Waals surface area contributed by atoms with Crippen LogP contribution in [0.3, 0.4) is 0 Å². The van der Waals surface area contributed by atoms with Crippen LogP contribution in [0.4, 0.5) is 0 Å². The first-order chi connectivity index (χ1) is 43.8. The van der Waals surface area contributed by atoms with E-state index in [1.165, 1.54) is 6.92 Å². The van der Waals surface area contributed by atoms with Gasteiger partial charge < -0.3 is 87.6 Å². The van der Waals surface area contributed by atoms with Crippen LogP contribution >= 0.6 is 0 Å². The number of hydrogen-bond donors (Lipinski definition) is 10. The van der Waals surface area contributed by atoms with Gasteiger partial charge in [-0.05, 0) is 144 Å². The van der Waals surface area contributed by atoms with Crippen molar-refractivity contribution >= 4 is 64.9 Å². The molecule has 502 valence electrons. The number of nitrogens with one attached hydrogen (secondary N) is 7. The van der Waals surface area contributed by atoms with Crippen LogP contribution in [-0.4, -0.2) is 169 Å². The third-order valence-electron chi connectivity index (χ3n) is 13.5. The zero-order chi connectivity index (χ0) is 66.3. The minimum atomic E-state index is -1.38. The monoisotopic (exact) mass is 1270 g/mol. The summed E-state index contributed by atoms with van der Waals surface area (Å²) in [4.78, 5) is 135. The normalized spacial score (nSPS) is 10.9. The minimum Gasteiger partial charge on any atom is -0.494 e. The summed E-state index contributed by atoms with van der Waals surface area (Å²) < 4.78 is 35.0. The number of benzene rings is 3. The van der Waals surface area contributed by atoms with Gasteiger partial charge in [-0.3, -0.25) is 47.9 Å². The molecule has 0 atom stereocenters. The Morgan fingerprint density at radius 3 is 0.846 bits per heavy atom. The number of carbonyl (C=O) groups is 11. The van der Waals surface area contributed by atoms with Crippen LogP contribution in [0.25, 0.3) is 0 Å². The lowest BCUT2D eigenvalue weighted by Gasteiger charge is -2.34. The Morgan fingerprint density at radius 2 is 0.582 bits per heavy atom. The van der Waals surface area contributed by atoms with Gasteiger partial charge >= 0.3 is 0 Å². The zero-order valence-corrected chi connectivity index (χ0v) is 52.4. The molecule has 0 fully saturated rings. The predicted octanol–water partition coefficient (Wildman–Crippen LogP) is 2.73. The topological polar surface area (TPSA) is 405 Å². The van der Waals surface area contributed by atoms with Crippen LogP contribution < -0.4 is 68.6 Å². The Balaban J connectivity index is 1.44. The van der Waals surface area contributed by atoms with Gasteiger partial charge in [0.2, 0.25) is 59.1 Å². The summed E-state index contributed by atoms with van der Waals surface area (Å²) in [6.45, 7) is 3.65. The Bertz CT molecular complexity index is 2450. The maximum absolute atomic E-state index is 13.5. The number of hydrogen-bond acceptors (Lipinski definition) is 17. The molecule has 91 heavy (non-hydrogen) atoms. The van der Waals surface area contributed by atoms with Gasteiger partial charge in [-0.25, -0.2) is 0 Å². The van der Waals surface area contributed by atoms with Crippen molar-refractivity contribution in [3.63, 3.8) is 0 Å². The van der Waals surface area contributed by atoms with E-state index in [1.54, 1.807) is 72.8 Å². The molecular formula is C64H94N10O17. The molecule has 13 N–H and O–H groups in total. The maximum Gasteiger partial charge on any atom is 0.248 e. The van der Waals surface area contributed by atoms with Gasteiger partial charge in [-0.2, -0.15) is 0 Å². The lowest BCUT2D eigenvalue weighted by molar-refractivity contribution is -0.131. The van der Waals surface area contributed by atoms with Crippen molar-refractivity contribution in [2.75, 3.05) is 98.7 Å². The number of nitrogens with two attached hydrogens (primary N) is 3. The van der Waals surface area contributed by atoms with Gasteiger partial charge in [-0.1, -0.05) is 0 Å². The summed E-state index contributed by atoms with van der Waals surface area (Å²) in [6.07, 6.45) is 6.29. The number of ether oxygens (including phenoxy) is 6. The maximum atomic E-state index is 13.5. The Morgan fingerprint density at radius 1 is 0.319 bits per heavy atom. The zero-order valence-electron chi connectivity index (χ0n) is 52.4. The predicted molar refractivity (Wildman–Crippen MR) is 337 cm³/mol. The molecule has 3 rings (SSSR count). The number of ketones is 1. The standard InChI is InChI=1S/C64H94N10O17/c1-47(75)12-8-16-60(82)74-64(44-86-41-29-57(79)71-35-9-32-68-54(76)13-2-5-38-89-51-23-17-48(18-24-51)61(65)83,45-87-42-30-58(80)72-36-10-33-69-55(77)14-3-6-39-90-52-25-19-49(20-26-52)62(66)84)46-88-43-31-59(81)73-37-11-34-70-56(78)15-4-7-40-91-53-27-21-50(22-28-53)63(67)85/h17-28H,2-16,29-46H2,1H3,(H2,65,83)(H2,66,84)(H2,67,85)(H,68,76)(H,69,77)(H,70,78)(H,71,79)(H,72,80)(H,73,81)(H,74,82). The third-order valence-corrected chi connectivity index (χ3v) is 13.5. The van der Waals surface area contributed by atoms with Crippen LogP contribution in [0.1, 0.15) is 154 Å². The first kappa shape index (κ1) is 76.6. The van der Waals surface area contributed by atoms with Gasteiger partial charge in [0.15, 0.2) is 0 Å². The number of carbonyl (C=O) groups excluding carboxylic acids is 11. The van der Waals surface area contributed by atoms with E-state index >= 15 is 0 Å². The molecule has 27 nitrogen and oxygen atoms in total. The van der Waals surface area contributed by atoms with E-state index in [2.05, 4.69) is 37.2 Å². The average Bonchev–Trinajstić information content (AvgIpc) is 3.18. The third kappa shape index (κ3) is 37.8. The summed E-state index contributed by atoms with van der Waals surface area (Å²) >= 11 is 0. The van der Waals surface area contributed by atoms with Crippen LogP contribution in [0.5, 0.6) is 17.2 Å². The molecule has 10 amide bonds. The fraction of sp³-hybridized carbons (Fsp3) is 0.547. The molecule has 0 spiro atoms. The van der Waals surface area contributed by atoms with Crippen molar-refractivity contribution in [2.45, 2.75) is 128 Å². The molecule has 0 saturated heterocycles. The highest BCUT2D eigenvalue weighted by Crippen LogP contribution is 2.16. The fourth-order valence-corrected chi connectivity index (χ4v) is 8.43. The molecule has 0 saturated carbocycles. The molecule has 3 aromatic carbocycles. The van der Waals surface area contributed by atoms with E-state index < -0.39 is 29.2 Å².